The Bertz CT molecular complexity index is 778. The summed E-state index contributed by atoms with van der Waals surface area (Å²) in [5.74, 6) is 0.410. The molecule has 1 aromatic heterocycles. The van der Waals surface area contributed by atoms with Gasteiger partial charge in [-0.3, -0.25) is 4.79 Å². The maximum absolute atomic E-state index is 12.3. The van der Waals surface area contributed by atoms with E-state index in [-0.39, 0.29) is 6.61 Å². The smallest absolute Gasteiger partial charge is 0.251 e. The molecule has 1 aromatic carbocycles. The fourth-order valence-electron chi connectivity index (χ4n) is 3.58. The lowest BCUT2D eigenvalue weighted by atomic mass is 9.96. The second kappa shape index (κ2) is 8.90. The molecular weight excluding hydrogens is 328 g/mol. The summed E-state index contributed by atoms with van der Waals surface area (Å²) < 4.78 is 7.52. The zero-order valence-electron chi connectivity index (χ0n) is 16.3. The number of rotatable bonds is 9. The third kappa shape index (κ3) is 3.93. The first-order valence-corrected chi connectivity index (χ1v) is 9.23. The zero-order chi connectivity index (χ0) is 19.3. The molecule has 142 valence electrons. The van der Waals surface area contributed by atoms with Crippen LogP contribution >= 0.6 is 0 Å². The molecule has 0 bridgehead atoms. The molecule has 0 spiro atoms. The molecule has 0 atom stereocenters. The van der Waals surface area contributed by atoms with Gasteiger partial charge in [0.15, 0.2) is 0 Å². The van der Waals surface area contributed by atoms with E-state index in [9.17, 15) is 9.90 Å². The van der Waals surface area contributed by atoms with Crippen LogP contribution in [-0.4, -0.2) is 29.3 Å². The van der Waals surface area contributed by atoms with Crippen LogP contribution in [0, 0.1) is 13.8 Å². The van der Waals surface area contributed by atoms with Gasteiger partial charge in [-0.05, 0) is 56.4 Å². The average Bonchev–Trinajstić information content (AvgIpc) is 2.89. The molecule has 1 amide bonds. The van der Waals surface area contributed by atoms with E-state index >= 15 is 0 Å². The van der Waals surface area contributed by atoms with Gasteiger partial charge in [0.2, 0.25) is 0 Å². The number of nitrogens with two attached hydrogens (primary N) is 1. The summed E-state index contributed by atoms with van der Waals surface area (Å²) in [5, 5.41) is 9.26. The van der Waals surface area contributed by atoms with Crippen molar-refractivity contribution >= 4 is 5.91 Å². The Morgan fingerprint density at radius 1 is 1.27 bits per heavy atom. The predicted molar refractivity (Wildman–Crippen MR) is 105 cm³/mol. The van der Waals surface area contributed by atoms with E-state index < -0.39 is 5.91 Å². The number of hydrogen-bond acceptors (Lipinski definition) is 3. The van der Waals surface area contributed by atoms with Crippen LogP contribution < -0.4 is 10.5 Å². The SMILES string of the molecule is CCCCc1c(-c2ccc(OC)c(C)c2)c(C(N)=O)c(C)n1CCCO. The number of carbonyl (C=O) groups excluding carboxylic acids is 1. The highest BCUT2D eigenvalue weighted by atomic mass is 16.5. The van der Waals surface area contributed by atoms with Crippen molar-refractivity contribution in [3.8, 4) is 16.9 Å². The number of aromatic nitrogens is 1. The third-order valence-electron chi connectivity index (χ3n) is 4.87. The molecular formula is C21H30N2O3. The van der Waals surface area contributed by atoms with Gasteiger partial charge in [-0.2, -0.15) is 0 Å². The van der Waals surface area contributed by atoms with Crippen molar-refractivity contribution in [1.82, 2.24) is 4.57 Å². The largest absolute Gasteiger partial charge is 0.496 e. The van der Waals surface area contributed by atoms with Gasteiger partial charge in [-0.15, -0.1) is 0 Å². The van der Waals surface area contributed by atoms with Crippen molar-refractivity contribution in [3.63, 3.8) is 0 Å². The van der Waals surface area contributed by atoms with Crippen LogP contribution in [0.4, 0.5) is 0 Å². The molecule has 5 heteroatoms. The fourth-order valence-corrected chi connectivity index (χ4v) is 3.58. The topological polar surface area (TPSA) is 77.5 Å². The van der Waals surface area contributed by atoms with Gasteiger partial charge in [-0.25, -0.2) is 0 Å². The summed E-state index contributed by atoms with van der Waals surface area (Å²) in [5.41, 5.74) is 11.3. The van der Waals surface area contributed by atoms with Crippen LogP contribution in [0.3, 0.4) is 0 Å². The molecule has 26 heavy (non-hydrogen) atoms. The molecule has 0 radical (unpaired) electrons. The summed E-state index contributed by atoms with van der Waals surface area (Å²) in [6.07, 6.45) is 3.62. The van der Waals surface area contributed by atoms with Gasteiger partial charge in [0.05, 0.1) is 12.7 Å². The Kier molecular flexibility index (Phi) is 6.86. The molecule has 0 fully saturated rings. The number of aliphatic hydroxyl groups excluding tert-OH is 1. The number of methoxy groups -OCH3 is 1. The van der Waals surface area contributed by atoms with E-state index in [0.717, 1.165) is 53.1 Å². The summed E-state index contributed by atoms with van der Waals surface area (Å²) in [6.45, 7) is 6.88. The van der Waals surface area contributed by atoms with Crippen LogP contribution in [0.1, 0.15) is 53.5 Å². The van der Waals surface area contributed by atoms with E-state index in [2.05, 4.69) is 11.5 Å². The maximum atomic E-state index is 12.3. The lowest BCUT2D eigenvalue weighted by molar-refractivity contribution is 0.1000. The molecule has 0 aliphatic carbocycles. The van der Waals surface area contributed by atoms with Crippen LogP contribution in [0.2, 0.25) is 0 Å². The first-order valence-electron chi connectivity index (χ1n) is 9.23. The Hall–Kier alpha value is -2.27. The number of primary amides is 1. The monoisotopic (exact) mass is 358 g/mol. The summed E-state index contributed by atoms with van der Waals surface area (Å²) >= 11 is 0. The van der Waals surface area contributed by atoms with Gasteiger partial charge < -0.3 is 20.1 Å². The lowest BCUT2D eigenvalue weighted by Gasteiger charge is -2.13. The van der Waals surface area contributed by atoms with Crippen LogP contribution in [0.5, 0.6) is 5.75 Å². The molecule has 0 aliphatic heterocycles. The first-order chi connectivity index (χ1) is 12.5. The first kappa shape index (κ1) is 20.0. The number of ether oxygens (including phenoxy) is 1. The van der Waals surface area contributed by atoms with E-state index in [1.165, 1.54) is 0 Å². The van der Waals surface area contributed by atoms with Crippen molar-refractivity contribution in [1.29, 1.82) is 0 Å². The minimum Gasteiger partial charge on any atom is -0.496 e. The highest BCUT2D eigenvalue weighted by Crippen LogP contribution is 2.36. The minimum absolute atomic E-state index is 0.119. The number of aliphatic hydroxyl groups is 1. The molecule has 5 nitrogen and oxygen atoms in total. The standard InChI is InChI=1S/C21H30N2O3/c1-5-6-8-17-20(16-9-10-18(26-4)14(2)13-16)19(21(22)25)15(3)23(17)11-7-12-24/h9-10,13,24H,5-8,11-12H2,1-4H3,(H2,22,25). The number of hydrogen-bond donors (Lipinski definition) is 2. The molecule has 3 N–H and O–H groups in total. The van der Waals surface area contributed by atoms with E-state index in [1.807, 2.05) is 32.0 Å². The number of unbranched alkanes of at least 4 members (excludes halogenated alkanes) is 1. The van der Waals surface area contributed by atoms with Crippen molar-refractivity contribution in [2.75, 3.05) is 13.7 Å². The lowest BCUT2D eigenvalue weighted by Crippen LogP contribution is -2.13. The highest BCUT2D eigenvalue weighted by molar-refractivity contribution is 6.02. The zero-order valence-corrected chi connectivity index (χ0v) is 16.3. The third-order valence-corrected chi connectivity index (χ3v) is 4.87. The van der Waals surface area contributed by atoms with E-state index in [0.29, 0.717) is 18.5 Å². The molecule has 1 heterocycles. The normalized spacial score (nSPS) is 11.0. The number of nitrogens with zero attached hydrogens (tertiary/aromatic N) is 1. The Balaban J connectivity index is 2.71. The quantitative estimate of drug-likeness (QED) is 0.719. The predicted octanol–water partition coefficient (Wildman–Crippen LogP) is 3.60. The molecule has 0 unspecified atom stereocenters. The van der Waals surface area contributed by atoms with Crippen LogP contribution in [0.15, 0.2) is 18.2 Å². The van der Waals surface area contributed by atoms with Crippen molar-refractivity contribution in [3.05, 3.63) is 40.7 Å². The van der Waals surface area contributed by atoms with E-state index in [4.69, 9.17) is 10.5 Å². The van der Waals surface area contributed by atoms with Gasteiger partial charge in [0, 0.05) is 30.1 Å². The van der Waals surface area contributed by atoms with Gasteiger partial charge in [0.1, 0.15) is 5.75 Å². The molecule has 0 aliphatic rings. The number of carbonyl (C=O) groups is 1. The van der Waals surface area contributed by atoms with E-state index in [1.54, 1.807) is 7.11 Å². The van der Waals surface area contributed by atoms with Crippen molar-refractivity contribution in [2.24, 2.45) is 5.73 Å². The van der Waals surface area contributed by atoms with Crippen LogP contribution in [0.25, 0.3) is 11.1 Å². The van der Waals surface area contributed by atoms with Crippen molar-refractivity contribution < 1.29 is 14.6 Å². The number of amides is 1. The second-order valence-corrected chi connectivity index (χ2v) is 6.66. The Morgan fingerprint density at radius 3 is 2.54 bits per heavy atom. The molecule has 2 aromatic rings. The second-order valence-electron chi connectivity index (χ2n) is 6.66. The van der Waals surface area contributed by atoms with Gasteiger partial charge >= 0.3 is 0 Å². The maximum Gasteiger partial charge on any atom is 0.251 e. The summed E-state index contributed by atoms with van der Waals surface area (Å²) in [7, 11) is 1.65. The van der Waals surface area contributed by atoms with Gasteiger partial charge in [0.25, 0.3) is 5.91 Å². The fraction of sp³-hybridized carbons (Fsp3) is 0.476. The number of benzene rings is 1. The highest BCUT2D eigenvalue weighted by Gasteiger charge is 2.24. The minimum atomic E-state index is -0.411. The Morgan fingerprint density at radius 2 is 2.00 bits per heavy atom. The van der Waals surface area contributed by atoms with Crippen LogP contribution in [-0.2, 0) is 13.0 Å². The molecule has 2 rings (SSSR count). The van der Waals surface area contributed by atoms with Gasteiger partial charge in [-0.1, -0.05) is 19.4 Å². The summed E-state index contributed by atoms with van der Waals surface area (Å²) in [4.78, 5) is 12.3. The molecule has 0 saturated heterocycles. The Labute approximate surface area is 155 Å². The molecule has 0 saturated carbocycles. The summed E-state index contributed by atoms with van der Waals surface area (Å²) in [6, 6.07) is 5.96. The van der Waals surface area contributed by atoms with Crippen molar-refractivity contribution in [2.45, 2.75) is 53.0 Å². The number of aryl methyl sites for hydroxylation is 1. The average molecular weight is 358 g/mol.